The Labute approximate surface area is 206 Å². The summed E-state index contributed by atoms with van der Waals surface area (Å²) in [5, 5.41) is 4.24. The van der Waals surface area contributed by atoms with E-state index in [2.05, 4.69) is 10.3 Å². The normalized spacial score (nSPS) is 21.2. The highest BCUT2D eigenvalue weighted by Crippen LogP contribution is 2.52. The number of ketones is 2. The summed E-state index contributed by atoms with van der Waals surface area (Å²) in [7, 11) is 2.87. The molecule has 2 unspecified atom stereocenters. The lowest BCUT2D eigenvalue weighted by atomic mass is 9.74. The molecule has 1 spiro atoms. The fourth-order valence-corrected chi connectivity index (χ4v) is 5.23. The Balaban J connectivity index is 1.36. The van der Waals surface area contributed by atoms with E-state index in [1.807, 2.05) is 6.20 Å². The Bertz CT molecular complexity index is 1400. The summed E-state index contributed by atoms with van der Waals surface area (Å²) in [6, 6.07) is 6.14. The predicted octanol–water partition coefficient (Wildman–Crippen LogP) is 4.62. The van der Waals surface area contributed by atoms with Crippen molar-refractivity contribution in [2.45, 2.75) is 25.4 Å². The second-order valence-corrected chi connectivity index (χ2v) is 9.16. The molecule has 2 heterocycles. The van der Waals surface area contributed by atoms with Crippen molar-refractivity contribution in [2.24, 2.45) is 5.92 Å². The molecule has 35 heavy (non-hydrogen) atoms. The van der Waals surface area contributed by atoms with E-state index in [1.54, 1.807) is 13.0 Å². The Morgan fingerprint density at radius 2 is 2.00 bits per heavy atom. The average Bonchev–Trinajstić information content (AvgIpc) is 3.38. The highest BCUT2D eigenvalue weighted by Gasteiger charge is 2.60. The monoisotopic (exact) mass is 498 g/mol. The van der Waals surface area contributed by atoms with E-state index in [0.29, 0.717) is 25.1 Å². The number of ether oxygens (including phenoxy) is 3. The molecule has 0 saturated carbocycles. The van der Waals surface area contributed by atoms with Gasteiger partial charge in [0.2, 0.25) is 17.2 Å². The zero-order valence-corrected chi connectivity index (χ0v) is 20.2. The number of H-pyrrole nitrogens is 1. The SMILES string of the molecule is COc1cc(OC)c2c(c1Cl)OC1(C(=O)C=C(NCCc3c[nH]c4ccc(F)cc34)CC1C)C2=O. The van der Waals surface area contributed by atoms with Gasteiger partial charge in [0.15, 0.2) is 5.75 Å². The molecule has 2 aromatic carbocycles. The van der Waals surface area contributed by atoms with Gasteiger partial charge in [-0.2, -0.15) is 0 Å². The Hall–Kier alpha value is -3.52. The van der Waals surface area contributed by atoms with Crippen molar-refractivity contribution in [3.63, 3.8) is 0 Å². The van der Waals surface area contributed by atoms with Gasteiger partial charge in [-0.1, -0.05) is 18.5 Å². The number of rotatable bonds is 6. The first kappa shape index (κ1) is 23.2. The highest BCUT2D eigenvalue weighted by atomic mass is 35.5. The summed E-state index contributed by atoms with van der Waals surface area (Å²) < 4.78 is 30.3. The number of allylic oxidation sites excluding steroid dienone is 1. The van der Waals surface area contributed by atoms with Crippen molar-refractivity contribution >= 4 is 34.1 Å². The number of methoxy groups -OCH3 is 2. The number of carbonyl (C=O) groups is 2. The fraction of sp³-hybridized carbons (Fsp3) is 0.308. The zero-order chi connectivity index (χ0) is 24.9. The van der Waals surface area contributed by atoms with Crippen LogP contribution in [0.5, 0.6) is 17.2 Å². The summed E-state index contributed by atoms with van der Waals surface area (Å²) in [4.78, 5) is 30.0. The van der Waals surface area contributed by atoms with Gasteiger partial charge in [0.05, 0.1) is 14.2 Å². The maximum Gasteiger partial charge on any atom is 0.236 e. The fourth-order valence-electron chi connectivity index (χ4n) is 4.97. The third kappa shape index (κ3) is 3.55. The number of nitrogens with one attached hydrogen (secondary N) is 2. The van der Waals surface area contributed by atoms with Gasteiger partial charge < -0.3 is 24.5 Å². The molecule has 182 valence electrons. The average molecular weight is 499 g/mol. The number of fused-ring (bicyclic) bond motifs is 2. The van der Waals surface area contributed by atoms with Crippen molar-refractivity contribution in [2.75, 3.05) is 20.8 Å². The van der Waals surface area contributed by atoms with Crippen molar-refractivity contribution in [3.8, 4) is 17.2 Å². The second-order valence-electron chi connectivity index (χ2n) is 8.79. The molecule has 2 N–H and O–H groups in total. The van der Waals surface area contributed by atoms with Gasteiger partial charge in [0.1, 0.15) is 27.9 Å². The van der Waals surface area contributed by atoms with Crippen molar-refractivity contribution in [1.29, 1.82) is 0 Å². The van der Waals surface area contributed by atoms with Gasteiger partial charge in [0.25, 0.3) is 0 Å². The number of aromatic amines is 1. The van der Waals surface area contributed by atoms with Gasteiger partial charge in [-0.3, -0.25) is 9.59 Å². The predicted molar refractivity (Wildman–Crippen MR) is 129 cm³/mol. The van der Waals surface area contributed by atoms with E-state index in [0.717, 1.165) is 16.5 Å². The van der Waals surface area contributed by atoms with Crippen LogP contribution >= 0.6 is 11.6 Å². The number of hydrogen-bond acceptors (Lipinski definition) is 6. The Kier molecular flexibility index (Phi) is 5.71. The quantitative estimate of drug-likeness (QED) is 0.482. The largest absolute Gasteiger partial charge is 0.496 e. The van der Waals surface area contributed by atoms with Crippen LogP contribution in [0.3, 0.4) is 0 Å². The molecule has 0 amide bonds. The van der Waals surface area contributed by atoms with E-state index in [1.165, 1.54) is 38.5 Å². The first-order valence-electron chi connectivity index (χ1n) is 11.2. The summed E-state index contributed by atoms with van der Waals surface area (Å²) in [5.74, 6) is -1.04. The molecule has 1 aromatic heterocycles. The molecule has 3 aromatic rings. The van der Waals surface area contributed by atoms with Crippen LogP contribution in [0.25, 0.3) is 10.9 Å². The smallest absolute Gasteiger partial charge is 0.236 e. The van der Waals surface area contributed by atoms with Gasteiger partial charge >= 0.3 is 0 Å². The van der Waals surface area contributed by atoms with Crippen LogP contribution < -0.4 is 19.5 Å². The van der Waals surface area contributed by atoms with Gasteiger partial charge in [-0.25, -0.2) is 4.39 Å². The summed E-state index contributed by atoms with van der Waals surface area (Å²) >= 11 is 6.42. The molecule has 2 aliphatic rings. The van der Waals surface area contributed by atoms with E-state index in [4.69, 9.17) is 25.8 Å². The molecule has 0 saturated heterocycles. The minimum Gasteiger partial charge on any atom is -0.496 e. The lowest BCUT2D eigenvalue weighted by Crippen LogP contribution is -2.55. The summed E-state index contributed by atoms with van der Waals surface area (Å²) in [6.45, 7) is 2.34. The first-order valence-corrected chi connectivity index (χ1v) is 11.6. The maximum atomic E-state index is 13.6. The number of benzene rings is 2. The molecule has 1 aliphatic carbocycles. The minimum atomic E-state index is -1.70. The van der Waals surface area contributed by atoms with E-state index < -0.39 is 23.1 Å². The molecule has 9 heteroatoms. The Morgan fingerprint density at radius 1 is 1.23 bits per heavy atom. The summed E-state index contributed by atoms with van der Waals surface area (Å²) in [5.41, 5.74) is 0.994. The number of carbonyl (C=O) groups excluding carboxylic acids is 2. The van der Waals surface area contributed by atoms with Gasteiger partial charge in [-0.05, 0) is 36.6 Å². The zero-order valence-electron chi connectivity index (χ0n) is 19.5. The number of hydrogen-bond donors (Lipinski definition) is 2. The lowest BCUT2D eigenvalue weighted by Gasteiger charge is -2.35. The molecule has 1 aliphatic heterocycles. The Morgan fingerprint density at radius 3 is 2.71 bits per heavy atom. The maximum absolute atomic E-state index is 13.6. The van der Waals surface area contributed by atoms with Crippen molar-refractivity contribution < 1.29 is 28.2 Å². The molecule has 0 bridgehead atoms. The summed E-state index contributed by atoms with van der Waals surface area (Å²) in [6.07, 6.45) is 4.33. The molecule has 0 fully saturated rings. The second kappa shape index (κ2) is 8.61. The lowest BCUT2D eigenvalue weighted by molar-refractivity contribution is -0.129. The molecular formula is C26H24ClFN2O5. The first-order chi connectivity index (χ1) is 16.8. The van der Waals surface area contributed by atoms with Crippen LogP contribution in [0.4, 0.5) is 4.39 Å². The van der Waals surface area contributed by atoms with Crippen molar-refractivity contribution in [1.82, 2.24) is 10.3 Å². The molecule has 0 radical (unpaired) electrons. The minimum absolute atomic E-state index is 0.101. The third-order valence-corrected chi connectivity index (χ3v) is 7.14. The number of aromatic nitrogens is 1. The topological polar surface area (TPSA) is 89.7 Å². The molecule has 7 nitrogen and oxygen atoms in total. The standard InChI is InChI=1S/C26H24ClFN2O5/c1-13-8-16(29-7-6-14-12-30-18-5-4-15(28)9-17(14)18)10-21(31)26(13)25(32)22-19(33-2)11-20(34-3)23(27)24(22)35-26/h4-5,9-13,29-30H,6-8H2,1-3H3. The number of Topliss-reactive ketones (excluding diaryl/α,β-unsaturated/α-hetero) is 1. The van der Waals surface area contributed by atoms with Crippen molar-refractivity contribution in [3.05, 3.63) is 64.2 Å². The molecule has 5 rings (SSSR count). The van der Waals surface area contributed by atoms with Crippen LogP contribution in [0, 0.1) is 11.7 Å². The van der Waals surface area contributed by atoms with E-state index in [-0.39, 0.29) is 33.7 Å². The van der Waals surface area contributed by atoms with E-state index >= 15 is 0 Å². The van der Waals surface area contributed by atoms with E-state index in [9.17, 15) is 14.0 Å². The van der Waals surface area contributed by atoms with Crippen LogP contribution in [0.1, 0.15) is 29.3 Å². The van der Waals surface area contributed by atoms with Crippen LogP contribution in [-0.4, -0.2) is 42.9 Å². The molecule has 2 atom stereocenters. The van der Waals surface area contributed by atoms with Crippen LogP contribution in [0.2, 0.25) is 5.02 Å². The third-order valence-electron chi connectivity index (χ3n) is 6.79. The molecular weight excluding hydrogens is 475 g/mol. The number of halogens is 2. The highest BCUT2D eigenvalue weighted by molar-refractivity contribution is 6.36. The van der Waals surface area contributed by atoms with Gasteiger partial charge in [-0.15, -0.1) is 0 Å². The van der Waals surface area contributed by atoms with Crippen LogP contribution in [-0.2, 0) is 11.2 Å². The van der Waals surface area contributed by atoms with Gasteiger partial charge in [0, 0.05) is 47.4 Å². The van der Waals surface area contributed by atoms with Crippen LogP contribution in [0.15, 0.2) is 42.2 Å².